The molecule has 1 aliphatic rings. The molecule has 2 heterocycles. The van der Waals surface area contributed by atoms with Crippen LogP contribution in [0.1, 0.15) is 28.2 Å². The second-order valence-electron chi connectivity index (χ2n) is 5.51. The maximum absolute atomic E-state index is 12.0. The van der Waals surface area contributed by atoms with Crippen LogP contribution in [0.15, 0.2) is 40.9 Å². The Morgan fingerprint density at radius 1 is 1.43 bits per heavy atom. The summed E-state index contributed by atoms with van der Waals surface area (Å²) in [4.78, 5) is 14.4. The van der Waals surface area contributed by atoms with Gasteiger partial charge in [-0.1, -0.05) is 35.5 Å². The van der Waals surface area contributed by atoms with Crippen molar-refractivity contribution in [3.05, 3.63) is 53.4 Å². The maximum atomic E-state index is 12.0. The quantitative estimate of drug-likeness (QED) is 0.933. The minimum atomic E-state index is -0.179. The molecule has 3 rings (SSSR count). The largest absolute Gasteiger partial charge is 0.351 e. The van der Waals surface area contributed by atoms with Gasteiger partial charge < -0.3 is 9.84 Å². The Labute approximate surface area is 123 Å². The lowest BCUT2D eigenvalue weighted by Crippen LogP contribution is -2.36. The van der Waals surface area contributed by atoms with Crippen molar-refractivity contribution in [2.45, 2.75) is 25.9 Å². The average molecular weight is 285 g/mol. The predicted molar refractivity (Wildman–Crippen MR) is 78.8 cm³/mol. The Bertz CT molecular complexity index is 609. The Balaban J connectivity index is 1.52. The van der Waals surface area contributed by atoms with Gasteiger partial charge in [-0.15, -0.1) is 0 Å². The summed E-state index contributed by atoms with van der Waals surface area (Å²) in [5.41, 5.74) is 2.02. The van der Waals surface area contributed by atoms with Crippen LogP contribution in [0.4, 0.5) is 0 Å². The van der Waals surface area contributed by atoms with E-state index in [0.717, 1.165) is 31.7 Å². The van der Waals surface area contributed by atoms with Crippen LogP contribution in [0.2, 0.25) is 0 Å². The van der Waals surface area contributed by atoms with Gasteiger partial charge in [0.2, 0.25) is 5.76 Å². The summed E-state index contributed by atoms with van der Waals surface area (Å²) >= 11 is 0. The second kappa shape index (κ2) is 6.10. The van der Waals surface area contributed by atoms with Gasteiger partial charge in [-0.25, -0.2) is 0 Å². The molecule has 0 saturated carbocycles. The number of carbonyl (C=O) groups excluding carboxylic acids is 1. The van der Waals surface area contributed by atoms with Gasteiger partial charge in [0.1, 0.15) is 0 Å². The van der Waals surface area contributed by atoms with Gasteiger partial charge in [-0.05, 0) is 18.9 Å². The van der Waals surface area contributed by atoms with Crippen LogP contribution < -0.4 is 5.32 Å². The van der Waals surface area contributed by atoms with E-state index in [-0.39, 0.29) is 17.7 Å². The number of rotatable bonds is 4. The fourth-order valence-electron chi connectivity index (χ4n) is 2.66. The monoisotopic (exact) mass is 285 g/mol. The van der Waals surface area contributed by atoms with E-state index in [1.54, 1.807) is 13.0 Å². The van der Waals surface area contributed by atoms with Gasteiger partial charge in [-0.3, -0.25) is 9.69 Å². The topological polar surface area (TPSA) is 58.4 Å². The molecule has 1 fully saturated rings. The second-order valence-corrected chi connectivity index (χ2v) is 5.51. The predicted octanol–water partition coefficient (Wildman–Crippen LogP) is 1.99. The van der Waals surface area contributed by atoms with Crippen molar-refractivity contribution in [1.29, 1.82) is 0 Å². The van der Waals surface area contributed by atoms with E-state index < -0.39 is 0 Å². The average Bonchev–Trinajstić information content (AvgIpc) is 3.09. The van der Waals surface area contributed by atoms with E-state index in [9.17, 15) is 4.79 Å². The van der Waals surface area contributed by atoms with Crippen molar-refractivity contribution < 1.29 is 9.32 Å². The molecule has 0 spiro atoms. The number of amides is 1. The first-order chi connectivity index (χ1) is 10.2. The van der Waals surface area contributed by atoms with E-state index >= 15 is 0 Å². The van der Waals surface area contributed by atoms with Gasteiger partial charge in [0, 0.05) is 31.7 Å². The highest BCUT2D eigenvalue weighted by atomic mass is 16.5. The molecular weight excluding hydrogens is 266 g/mol. The highest BCUT2D eigenvalue weighted by molar-refractivity contribution is 5.91. The lowest BCUT2D eigenvalue weighted by molar-refractivity contribution is 0.0900. The number of aryl methyl sites for hydroxylation is 1. The first-order valence-electron chi connectivity index (χ1n) is 7.21. The van der Waals surface area contributed by atoms with E-state index in [4.69, 9.17) is 4.52 Å². The Kier molecular flexibility index (Phi) is 4.01. The fourth-order valence-corrected chi connectivity index (χ4v) is 2.66. The van der Waals surface area contributed by atoms with E-state index in [0.29, 0.717) is 0 Å². The number of likely N-dealkylation sites (tertiary alicyclic amines) is 1. The molecule has 0 bridgehead atoms. The number of carbonyl (C=O) groups is 1. The standard InChI is InChI=1S/C16H19N3O2/c1-12-9-15(21-18-12)16(20)17-14-7-8-19(11-14)10-13-5-3-2-4-6-13/h2-6,9,14H,7-8,10-11H2,1H3,(H,17,20). The van der Waals surface area contributed by atoms with E-state index in [1.807, 2.05) is 6.07 Å². The van der Waals surface area contributed by atoms with Gasteiger partial charge in [-0.2, -0.15) is 0 Å². The van der Waals surface area contributed by atoms with Crippen molar-refractivity contribution in [3.63, 3.8) is 0 Å². The minimum Gasteiger partial charge on any atom is -0.351 e. The van der Waals surface area contributed by atoms with Crippen molar-refractivity contribution in [3.8, 4) is 0 Å². The first kappa shape index (κ1) is 13.8. The lowest BCUT2D eigenvalue weighted by Gasteiger charge is -2.16. The summed E-state index contributed by atoms with van der Waals surface area (Å²) in [5, 5.41) is 6.75. The Hall–Kier alpha value is -2.14. The van der Waals surface area contributed by atoms with Gasteiger partial charge in [0.25, 0.3) is 5.91 Å². The minimum absolute atomic E-state index is 0.173. The Morgan fingerprint density at radius 2 is 2.24 bits per heavy atom. The Morgan fingerprint density at radius 3 is 2.95 bits per heavy atom. The van der Waals surface area contributed by atoms with Gasteiger partial charge >= 0.3 is 0 Å². The van der Waals surface area contributed by atoms with Crippen LogP contribution >= 0.6 is 0 Å². The molecule has 1 aromatic heterocycles. The maximum Gasteiger partial charge on any atom is 0.290 e. The third-order valence-corrected chi connectivity index (χ3v) is 3.71. The van der Waals surface area contributed by atoms with Gasteiger partial charge in [0.05, 0.1) is 5.69 Å². The van der Waals surface area contributed by atoms with Crippen LogP contribution in [0.3, 0.4) is 0 Å². The van der Waals surface area contributed by atoms with Crippen molar-refractivity contribution in [2.75, 3.05) is 13.1 Å². The number of nitrogens with one attached hydrogen (secondary N) is 1. The number of benzene rings is 1. The van der Waals surface area contributed by atoms with Crippen molar-refractivity contribution >= 4 is 5.91 Å². The summed E-state index contributed by atoms with van der Waals surface area (Å²) in [5.74, 6) is 0.108. The fraction of sp³-hybridized carbons (Fsp3) is 0.375. The molecule has 0 radical (unpaired) electrons. The summed E-state index contributed by atoms with van der Waals surface area (Å²) in [6.07, 6.45) is 0.964. The zero-order valence-corrected chi connectivity index (χ0v) is 12.1. The molecule has 0 aliphatic carbocycles. The zero-order valence-electron chi connectivity index (χ0n) is 12.1. The molecule has 5 nitrogen and oxygen atoms in total. The molecular formula is C16H19N3O2. The molecule has 21 heavy (non-hydrogen) atoms. The summed E-state index contributed by atoms with van der Waals surface area (Å²) < 4.78 is 4.98. The van der Waals surface area contributed by atoms with Crippen molar-refractivity contribution in [2.24, 2.45) is 0 Å². The van der Waals surface area contributed by atoms with Crippen LogP contribution in [-0.2, 0) is 6.54 Å². The molecule has 1 atom stereocenters. The van der Waals surface area contributed by atoms with Crippen LogP contribution in [0.25, 0.3) is 0 Å². The summed E-state index contributed by atoms with van der Waals surface area (Å²) in [6, 6.07) is 12.2. The van der Waals surface area contributed by atoms with Crippen LogP contribution in [0, 0.1) is 6.92 Å². The molecule has 1 amide bonds. The number of hydrogen-bond donors (Lipinski definition) is 1. The van der Waals surface area contributed by atoms with Crippen LogP contribution in [-0.4, -0.2) is 35.1 Å². The first-order valence-corrected chi connectivity index (χ1v) is 7.21. The zero-order chi connectivity index (χ0) is 14.7. The van der Waals surface area contributed by atoms with E-state index in [2.05, 4.69) is 39.6 Å². The van der Waals surface area contributed by atoms with E-state index in [1.165, 1.54) is 5.56 Å². The van der Waals surface area contributed by atoms with Crippen LogP contribution in [0.5, 0.6) is 0 Å². The SMILES string of the molecule is Cc1cc(C(=O)NC2CCN(Cc3ccccc3)C2)on1. The highest BCUT2D eigenvalue weighted by Crippen LogP contribution is 2.14. The molecule has 2 aromatic rings. The molecule has 1 unspecified atom stereocenters. The molecule has 1 aromatic carbocycles. The molecule has 1 aliphatic heterocycles. The summed E-state index contributed by atoms with van der Waals surface area (Å²) in [7, 11) is 0. The van der Waals surface area contributed by atoms with Crippen molar-refractivity contribution in [1.82, 2.24) is 15.4 Å². The third kappa shape index (κ3) is 3.49. The van der Waals surface area contributed by atoms with Gasteiger partial charge in [0.15, 0.2) is 0 Å². The smallest absolute Gasteiger partial charge is 0.290 e. The number of aromatic nitrogens is 1. The normalized spacial score (nSPS) is 18.8. The molecule has 1 N–H and O–H groups in total. The summed E-state index contributed by atoms with van der Waals surface area (Å²) in [6.45, 7) is 4.59. The number of nitrogens with zero attached hydrogens (tertiary/aromatic N) is 2. The third-order valence-electron chi connectivity index (χ3n) is 3.71. The molecule has 5 heteroatoms. The molecule has 110 valence electrons. The lowest BCUT2D eigenvalue weighted by atomic mass is 10.2. The molecule has 1 saturated heterocycles. The highest BCUT2D eigenvalue weighted by Gasteiger charge is 2.25. The number of hydrogen-bond acceptors (Lipinski definition) is 4.